The Labute approximate surface area is 102 Å². The Morgan fingerprint density at radius 1 is 1.41 bits per heavy atom. The summed E-state index contributed by atoms with van der Waals surface area (Å²) in [5.41, 5.74) is 8.26. The quantitative estimate of drug-likeness (QED) is 0.881. The van der Waals surface area contributed by atoms with Crippen LogP contribution < -0.4 is 5.73 Å². The highest BCUT2D eigenvalue weighted by Crippen LogP contribution is 2.25. The monoisotopic (exact) mass is 232 g/mol. The molecule has 0 saturated heterocycles. The smallest absolute Gasteiger partial charge is 0.127 e. The summed E-state index contributed by atoms with van der Waals surface area (Å²) in [6.07, 6.45) is 5.64. The molecule has 0 aliphatic rings. The number of fused-ring (bicyclic) bond motifs is 1. The van der Waals surface area contributed by atoms with Gasteiger partial charge in [0.2, 0.25) is 0 Å². The van der Waals surface area contributed by atoms with Crippen LogP contribution in [0.3, 0.4) is 0 Å². The first-order chi connectivity index (χ1) is 8.15. The third-order valence-corrected chi connectivity index (χ3v) is 2.97. The summed E-state index contributed by atoms with van der Waals surface area (Å²) in [6.45, 7) is 6.46. The number of nitrogens with zero attached hydrogens (tertiary/aromatic N) is 3. The Hall–Kier alpha value is -1.42. The van der Waals surface area contributed by atoms with E-state index in [4.69, 9.17) is 5.73 Å². The van der Waals surface area contributed by atoms with E-state index in [0.29, 0.717) is 6.04 Å². The van der Waals surface area contributed by atoms with Crippen LogP contribution in [-0.2, 0) is 0 Å². The van der Waals surface area contributed by atoms with Crippen molar-refractivity contribution in [3.63, 3.8) is 0 Å². The van der Waals surface area contributed by atoms with Crippen molar-refractivity contribution in [1.29, 1.82) is 0 Å². The molecule has 2 N–H and O–H groups in total. The lowest BCUT2D eigenvalue weighted by atomic mass is 10.1. The Kier molecular flexibility index (Phi) is 3.43. The van der Waals surface area contributed by atoms with Gasteiger partial charge < -0.3 is 10.3 Å². The molecule has 4 nitrogen and oxygen atoms in total. The second-order valence-electron chi connectivity index (χ2n) is 4.69. The molecule has 1 atom stereocenters. The molecular formula is C13H20N4. The third-order valence-electron chi connectivity index (χ3n) is 2.97. The number of nitrogens with two attached hydrogens (primary N) is 1. The fourth-order valence-electron chi connectivity index (χ4n) is 2.21. The van der Waals surface area contributed by atoms with Gasteiger partial charge in [-0.2, -0.15) is 0 Å². The molecule has 2 aromatic heterocycles. The summed E-state index contributed by atoms with van der Waals surface area (Å²) in [5.74, 6) is 0.977. The summed E-state index contributed by atoms with van der Waals surface area (Å²) in [6, 6.07) is 2.37. The minimum Gasteiger partial charge on any atom is -0.324 e. The highest BCUT2D eigenvalue weighted by atomic mass is 15.1. The first-order valence-corrected chi connectivity index (χ1v) is 6.22. The van der Waals surface area contributed by atoms with Crippen LogP contribution in [0.5, 0.6) is 0 Å². The highest BCUT2D eigenvalue weighted by molar-refractivity contribution is 5.75. The summed E-state index contributed by atoms with van der Waals surface area (Å²) in [7, 11) is 0. The number of hydrogen-bond donors (Lipinski definition) is 1. The van der Waals surface area contributed by atoms with Gasteiger partial charge in [-0.15, -0.1) is 0 Å². The molecule has 0 saturated carbocycles. The van der Waals surface area contributed by atoms with Crippen molar-refractivity contribution >= 4 is 11.0 Å². The van der Waals surface area contributed by atoms with Gasteiger partial charge in [0.05, 0.1) is 17.8 Å². The summed E-state index contributed by atoms with van der Waals surface area (Å²) in [5, 5.41) is 0. The van der Waals surface area contributed by atoms with E-state index in [2.05, 4.69) is 35.3 Å². The molecule has 17 heavy (non-hydrogen) atoms. The number of aromatic nitrogens is 3. The molecule has 0 aliphatic carbocycles. The van der Waals surface area contributed by atoms with Gasteiger partial charge in [0.15, 0.2) is 0 Å². The summed E-state index contributed by atoms with van der Waals surface area (Å²) >= 11 is 0. The number of imidazole rings is 1. The van der Waals surface area contributed by atoms with E-state index in [1.165, 1.54) is 0 Å². The van der Waals surface area contributed by atoms with E-state index in [1.807, 2.05) is 6.07 Å². The van der Waals surface area contributed by atoms with Crippen LogP contribution in [0.15, 0.2) is 18.5 Å². The largest absolute Gasteiger partial charge is 0.324 e. The molecule has 2 rings (SSSR count). The van der Waals surface area contributed by atoms with Crippen LogP contribution >= 0.6 is 0 Å². The van der Waals surface area contributed by atoms with E-state index >= 15 is 0 Å². The fourth-order valence-corrected chi connectivity index (χ4v) is 2.21. The topological polar surface area (TPSA) is 56.7 Å². The molecule has 2 heterocycles. The standard InChI is InChI=1S/C13H20N4/c1-4-5-10(14)13-16-11-8-15-7-6-12(11)17(13)9(2)3/h6-10H,4-5,14H2,1-3H3. The van der Waals surface area contributed by atoms with Crippen LogP contribution in [0.25, 0.3) is 11.0 Å². The van der Waals surface area contributed by atoms with Gasteiger partial charge >= 0.3 is 0 Å². The van der Waals surface area contributed by atoms with Crippen molar-refractivity contribution in [2.75, 3.05) is 0 Å². The molecule has 0 spiro atoms. The first-order valence-electron chi connectivity index (χ1n) is 6.22. The van der Waals surface area contributed by atoms with Crippen molar-refractivity contribution < 1.29 is 0 Å². The van der Waals surface area contributed by atoms with Gasteiger partial charge in [-0.05, 0) is 26.3 Å². The molecule has 2 aromatic rings. The predicted octanol–water partition coefficient (Wildman–Crippen LogP) is 2.81. The minimum atomic E-state index is 0.00907. The Morgan fingerprint density at radius 2 is 2.18 bits per heavy atom. The summed E-state index contributed by atoms with van der Waals surface area (Å²) in [4.78, 5) is 8.74. The van der Waals surface area contributed by atoms with Crippen molar-refractivity contribution in [1.82, 2.24) is 14.5 Å². The van der Waals surface area contributed by atoms with E-state index in [0.717, 1.165) is 29.7 Å². The van der Waals surface area contributed by atoms with E-state index in [1.54, 1.807) is 12.4 Å². The van der Waals surface area contributed by atoms with E-state index in [9.17, 15) is 0 Å². The second kappa shape index (κ2) is 4.84. The molecular weight excluding hydrogens is 212 g/mol. The van der Waals surface area contributed by atoms with Crippen LogP contribution in [0.4, 0.5) is 0 Å². The van der Waals surface area contributed by atoms with E-state index < -0.39 is 0 Å². The summed E-state index contributed by atoms with van der Waals surface area (Å²) < 4.78 is 2.22. The van der Waals surface area contributed by atoms with Crippen molar-refractivity contribution in [3.8, 4) is 0 Å². The highest BCUT2D eigenvalue weighted by Gasteiger charge is 2.17. The lowest BCUT2D eigenvalue weighted by Gasteiger charge is -2.17. The lowest BCUT2D eigenvalue weighted by Crippen LogP contribution is -2.17. The molecule has 0 aromatic carbocycles. The van der Waals surface area contributed by atoms with E-state index in [-0.39, 0.29) is 6.04 Å². The van der Waals surface area contributed by atoms with Gasteiger partial charge in [-0.1, -0.05) is 13.3 Å². The number of rotatable bonds is 4. The van der Waals surface area contributed by atoms with Crippen LogP contribution in [0.1, 0.15) is 51.5 Å². The van der Waals surface area contributed by atoms with Crippen LogP contribution in [-0.4, -0.2) is 14.5 Å². The van der Waals surface area contributed by atoms with Crippen LogP contribution in [0, 0.1) is 0 Å². The zero-order valence-electron chi connectivity index (χ0n) is 10.7. The molecule has 1 unspecified atom stereocenters. The van der Waals surface area contributed by atoms with Gasteiger partial charge in [0, 0.05) is 12.2 Å². The molecule has 0 bridgehead atoms. The molecule has 4 heteroatoms. The average molecular weight is 232 g/mol. The Balaban J connectivity index is 2.57. The van der Waals surface area contributed by atoms with Gasteiger partial charge in [-0.25, -0.2) is 4.98 Å². The van der Waals surface area contributed by atoms with Crippen molar-refractivity contribution in [2.24, 2.45) is 5.73 Å². The number of pyridine rings is 1. The molecule has 0 aliphatic heterocycles. The van der Waals surface area contributed by atoms with Gasteiger partial charge in [0.1, 0.15) is 11.3 Å². The Bertz CT molecular complexity index is 501. The molecule has 0 radical (unpaired) electrons. The lowest BCUT2D eigenvalue weighted by molar-refractivity contribution is 0.520. The minimum absolute atomic E-state index is 0.00907. The molecule has 0 amide bonds. The molecule has 0 fully saturated rings. The zero-order chi connectivity index (χ0) is 12.4. The van der Waals surface area contributed by atoms with Gasteiger partial charge in [-0.3, -0.25) is 4.98 Å². The second-order valence-corrected chi connectivity index (χ2v) is 4.69. The maximum absolute atomic E-state index is 6.20. The van der Waals surface area contributed by atoms with Crippen LogP contribution in [0.2, 0.25) is 0 Å². The normalized spacial score (nSPS) is 13.5. The zero-order valence-corrected chi connectivity index (χ0v) is 10.7. The maximum atomic E-state index is 6.20. The fraction of sp³-hybridized carbons (Fsp3) is 0.538. The Morgan fingerprint density at radius 3 is 2.82 bits per heavy atom. The third kappa shape index (κ3) is 2.17. The number of hydrogen-bond acceptors (Lipinski definition) is 3. The SMILES string of the molecule is CCCC(N)c1nc2cnccc2n1C(C)C. The van der Waals surface area contributed by atoms with Gasteiger partial charge in [0.25, 0.3) is 0 Å². The first kappa shape index (κ1) is 12.0. The maximum Gasteiger partial charge on any atom is 0.127 e. The van der Waals surface area contributed by atoms with Crippen molar-refractivity contribution in [3.05, 3.63) is 24.3 Å². The van der Waals surface area contributed by atoms with Crippen molar-refractivity contribution in [2.45, 2.75) is 45.7 Å². The average Bonchev–Trinajstić information content (AvgIpc) is 2.68. The predicted molar refractivity (Wildman–Crippen MR) is 69.7 cm³/mol. The molecule has 92 valence electrons.